The summed E-state index contributed by atoms with van der Waals surface area (Å²) in [5.74, 6) is -1.01. The summed E-state index contributed by atoms with van der Waals surface area (Å²) in [5, 5.41) is 8.55. The lowest BCUT2D eigenvalue weighted by atomic mass is 10.5. The van der Waals surface area contributed by atoms with Crippen molar-refractivity contribution < 1.29 is 9.90 Å². The first-order chi connectivity index (χ1) is 6.68. The van der Waals surface area contributed by atoms with Gasteiger partial charge in [-0.3, -0.25) is 9.59 Å². The summed E-state index contributed by atoms with van der Waals surface area (Å²) in [4.78, 5) is 31.5. The van der Waals surface area contributed by atoms with Crippen molar-refractivity contribution in [3.8, 4) is 0 Å². The molecule has 7 heteroatoms. The number of aliphatic carboxylic acids is 1. The van der Waals surface area contributed by atoms with Crippen LogP contribution in [0.5, 0.6) is 0 Å². The molecule has 0 aliphatic carbocycles. The van der Waals surface area contributed by atoms with Gasteiger partial charge in [0.25, 0.3) is 5.56 Å². The number of aromatic nitrogens is 4. The molecule has 0 amide bonds. The van der Waals surface area contributed by atoms with Gasteiger partial charge in [0, 0.05) is 0 Å². The number of nitrogens with zero attached hydrogens (tertiary/aromatic N) is 3. The van der Waals surface area contributed by atoms with Gasteiger partial charge in [-0.2, -0.15) is 0 Å². The standard InChI is InChI=1S/C7H6N4O3/c12-4(13)1-11-3-10-5-6(11)8-2-9-7(5)14/h2-3H,1H2,(H,12,13)(H,8,9,14). The van der Waals surface area contributed by atoms with Gasteiger partial charge in [0.2, 0.25) is 0 Å². The van der Waals surface area contributed by atoms with Gasteiger partial charge in [-0.25, -0.2) is 9.97 Å². The van der Waals surface area contributed by atoms with E-state index in [1.807, 2.05) is 0 Å². The van der Waals surface area contributed by atoms with Crippen molar-refractivity contribution in [3.05, 3.63) is 23.0 Å². The lowest BCUT2D eigenvalue weighted by molar-refractivity contribution is -0.137. The number of carboxylic acid groups (broad SMARTS) is 1. The third-order valence-corrected chi connectivity index (χ3v) is 1.71. The maximum absolute atomic E-state index is 11.2. The van der Waals surface area contributed by atoms with Crippen LogP contribution in [0.25, 0.3) is 11.2 Å². The maximum Gasteiger partial charge on any atom is 0.323 e. The molecule has 2 rings (SSSR count). The number of carboxylic acids is 1. The van der Waals surface area contributed by atoms with Crippen molar-refractivity contribution in [1.82, 2.24) is 19.5 Å². The number of fused-ring (bicyclic) bond motifs is 1. The number of hydrogen-bond acceptors (Lipinski definition) is 4. The Labute approximate surface area is 77.0 Å². The molecule has 0 spiro atoms. The van der Waals surface area contributed by atoms with E-state index in [0.717, 1.165) is 0 Å². The largest absolute Gasteiger partial charge is 0.480 e. The quantitative estimate of drug-likeness (QED) is 0.652. The third kappa shape index (κ3) is 1.24. The van der Waals surface area contributed by atoms with E-state index in [1.165, 1.54) is 17.2 Å². The predicted molar refractivity (Wildman–Crippen MR) is 45.8 cm³/mol. The van der Waals surface area contributed by atoms with Crippen LogP contribution in [-0.4, -0.2) is 30.6 Å². The first-order valence-corrected chi connectivity index (χ1v) is 3.79. The molecule has 0 aliphatic rings. The zero-order valence-electron chi connectivity index (χ0n) is 6.97. The second-order valence-electron chi connectivity index (χ2n) is 2.67. The second kappa shape index (κ2) is 2.95. The van der Waals surface area contributed by atoms with Crippen LogP contribution in [0.4, 0.5) is 0 Å². The van der Waals surface area contributed by atoms with Gasteiger partial charge in [0.05, 0.1) is 12.7 Å². The average Bonchev–Trinajstić information content (AvgIpc) is 2.49. The Morgan fingerprint density at radius 2 is 2.36 bits per heavy atom. The average molecular weight is 194 g/mol. The van der Waals surface area contributed by atoms with Crippen molar-refractivity contribution in [2.75, 3.05) is 0 Å². The van der Waals surface area contributed by atoms with E-state index in [4.69, 9.17) is 5.11 Å². The summed E-state index contributed by atoms with van der Waals surface area (Å²) < 4.78 is 1.30. The molecular weight excluding hydrogens is 188 g/mol. The smallest absolute Gasteiger partial charge is 0.323 e. The number of aromatic amines is 1. The minimum absolute atomic E-state index is 0.147. The molecule has 0 saturated heterocycles. The molecule has 0 bridgehead atoms. The molecule has 14 heavy (non-hydrogen) atoms. The number of hydrogen-bond donors (Lipinski definition) is 2. The molecule has 2 aromatic rings. The van der Waals surface area contributed by atoms with E-state index >= 15 is 0 Å². The van der Waals surface area contributed by atoms with E-state index in [0.29, 0.717) is 0 Å². The number of imidazole rings is 1. The Morgan fingerprint density at radius 3 is 3.07 bits per heavy atom. The molecule has 0 aliphatic heterocycles. The summed E-state index contributed by atoms with van der Waals surface area (Å²) in [6.07, 6.45) is 2.49. The van der Waals surface area contributed by atoms with Crippen LogP contribution in [0.2, 0.25) is 0 Å². The predicted octanol–water partition coefficient (Wildman–Crippen LogP) is -0.796. The van der Waals surface area contributed by atoms with Crippen LogP contribution in [0.15, 0.2) is 17.4 Å². The molecule has 0 radical (unpaired) electrons. The molecule has 2 aromatic heterocycles. The Kier molecular flexibility index (Phi) is 1.77. The van der Waals surface area contributed by atoms with Crippen molar-refractivity contribution >= 4 is 17.1 Å². The lowest BCUT2D eigenvalue weighted by Crippen LogP contribution is -2.10. The first kappa shape index (κ1) is 8.42. The van der Waals surface area contributed by atoms with E-state index in [-0.39, 0.29) is 23.3 Å². The number of H-pyrrole nitrogens is 1. The molecule has 0 fully saturated rings. The Bertz CT molecular complexity index is 541. The molecule has 0 atom stereocenters. The summed E-state index contributed by atoms with van der Waals surface area (Å²) >= 11 is 0. The van der Waals surface area contributed by atoms with Gasteiger partial charge in [-0.15, -0.1) is 0 Å². The SMILES string of the molecule is O=C(O)Cn1cnc2c(=O)[nH]cnc21. The third-order valence-electron chi connectivity index (χ3n) is 1.71. The van der Waals surface area contributed by atoms with E-state index in [2.05, 4.69) is 15.0 Å². The second-order valence-corrected chi connectivity index (χ2v) is 2.67. The van der Waals surface area contributed by atoms with Crippen LogP contribution in [0.3, 0.4) is 0 Å². The molecule has 0 saturated carbocycles. The van der Waals surface area contributed by atoms with Crippen LogP contribution >= 0.6 is 0 Å². The fourth-order valence-corrected chi connectivity index (χ4v) is 1.15. The van der Waals surface area contributed by atoms with Gasteiger partial charge in [-0.05, 0) is 0 Å². The fourth-order valence-electron chi connectivity index (χ4n) is 1.15. The van der Waals surface area contributed by atoms with Crippen molar-refractivity contribution in [3.63, 3.8) is 0 Å². The van der Waals surface area contributed by atoms with E-state index in [1.54, 1.807) is 0 Å². The summed E-state index contributed by atoms with van der Waals surface area (Å²) in [7, 11) is 0. The highest BCUT2D eigenvalue weighted by Crippen LogP contribution is 2.02. The highest BCUT2D eigenvalue weighted by atomic mass is 16.4. The van der Waals surface area contributed by atoms with Gasteiger partial charge >= 0.3 is 5.97 Å². The highest BCUT2D eigenvalue weighted by Gasteiger charge is 2.08. The number of nitrogens with one attached hydrogen (secondary N) is 1. The molecule has 0 unspecified atom stereocenters. The van der Waals surface area contributed by atoms with Crippen LogP contribution in [0.1, 0.15) is 0 Å². The van der Waals surface area contributed by atoms with Crippen LogP contribution in [-0.2, 0) is 11.3 Å². The molecule has 2 heterocycles. The summed E-state index contributed by atoms with van der Waals surface area (Å²) in [5.41, 5.74) is 0.0454. The molecule has 72 valence electrons. The number of carbonyl (C=O) groups is 1. The molecule has 7 nitrogen and oxygen atoms in total. The van der Waals surface area contributed by atoms with E-state index < -0.39 is 5.97 Å². The van der Waals surface area contributed by atoms with Gasteiger partial charge in [0.1, 0.15) is 6.54 Å². The van der Waals surface area contributed by atoms with Gasteiger partial charge in [0.15, 0.2) is 11.2 Å². The normalized spacial score (nSPS) is 10.6. The minimum Gasteiger partial charge on any atom is -0.480 e. The topological polar surface area (TPSA) is 101 Å². The molecular formula is C7H6N4O3. The Balaban J connectivity index is 2.64. The summed E-state index contributed by atoms with van der Waals surface area (Å²) in [6, 6.07) is 0. The first-order valence-electron chi connectivity index (χ1n) is 3.79. The number of rotatable bonds is 2. The van der Waals surface area contributed by atoms with Gasteiger partial charge < -0.3 is 14.7 Å². The zero-order chi connectivity index (χ0) is 10.1. The summed E-state index contributed by atoms with van der Waals surface area (Å²) in [6.45, 7) is -0.257. The Morgan fingerprint density at radius 1 is 1.57 bits per heavy atom. The fraction of sp³-hybridized carbons (Fsp3) is 0.143. The highest BCUT2D eigenvalue weighted by molar-refractivity contribution is 5.73. The van der Waals surface area contributed by atoms with Crippen LogP contribution < -0.4 is 5.56 Å². The minimum atomic E-state index is -1.01. The maximum atomic E-state index is 11.2. The van der Waals surface area contributed by atoms with Crippen molar-refractivity contribution in [2.45, 2.75) is 6.54 Å². The molecule has 0 aromatic carbocycles. The van der Waals surface area contributed by atoms with Gasteiger partial charge in [-0.1, -0.05) is 0 Å². The van der Waals surface area contributed by atoms with Crippen molar-refractivity contribution in [1.29, 1.82) is 0 Å². The van der Waals surface area contributed by atoms with E-state index in [9.17, 15) is 9.59 Å². The Hall–Kier alpha value is -2.18. The lowest BCUT2D eigenvalue weighted by Gasteiger charge is -1.96. The monoisotopic (exact) mass is 194 g/mol. The zero-order valence-corrected chi connectivity index (χ0v) is 6.97. The van der Waals surface area contributed by atoms with Crippen LogP contribution in [0, 0.1) is 0 Å². The molecule has 2 N–H and O–H groups in total. The van der Waals surface area contributed by atoms with Crippen molar-refractivity contribution in [2.24, 2.45) is 0 Å².